The van der Waals surface area contributed by atoms with Gasteiger partial charge >= 0.3 is 0 Å². The molecule has 136 valence electrons. The highest BCUT2D eigenvalue weighted by molar-refractivity contribution is 9.10. The Bertz CT molecular complexity index is 644. The molecule has 0 atom stereocenters. The van der Waals surface area contributed by atoms with Gasteiger partial charge in [0.1, 0.15) is 6.61 Å². The topological polar surface area (TPSA) is 30.5 Å². The Morgan fingerprint density at radius 3 is 2.44 bits per heavy atom. The third-order valence-corrected chi connectivity index (χ3v) is 4.60. The summed E-state index contributed by atoms with van der Waals surface area (Å²) in [7, 11) is 0. The van der Waals surface area contributed by atoms with Gasteiger partial charge in [-0.25, -0.2) is 0 Å². The van der Waals surface area contributed by atoms with Crippen LogP contribution in [0, 0.1) is 5.92 Å². The van der Waals surface area contributed by atoms with E-state index in [1.165, 1.54) is 12.0 Å². The summed E-state index contributed by atoms with van der Waals surface area (Å²) in [6.07, 6.45) is 1.17. The number of halogens is 1. The van der Waals surface area contributed by atoms with E-state index in [1.54, 1.807) is 0 Å². The minimum absolute atomic E-state index is 0.527. The van der Waals surface area contributed by atoms with Gasteiger partial charge in [-0.15, -0.1) is 0 Å². The number of nitrogens with one attached hydrogen (secondary N) is 1. The second kappa shape index (κ2) is 10.5. The quantitative estimate of drug-likeness (QED) is 0.524. The SMILES string of the molecule is CCOc1cc(CNCCC(C)C)c(Br)cc1OCc1ccccc1. The molecule has 2 rings (SSSR count). The Balaban J connectivity index is 2.04. The van der Waals surface area contributed by atoms with Gasteiger partial charge in [-0.3, -0.25) is 0 Å². The number of rotatable bonds is 10. The average Bonchev–Trinajstić information content (AvgIpc) is 2.60. The van der Waals surface area contributed by atoms with Crippen molar-refractivity contribution >= 4 is 15.9 Å². The van der Waals surface area contributed by atoms with E-state index in [9.17, 15) is 0 Å². The van der Waals surface area contributed by atoms with E-state index in [4.69, 9.17) is 9.47 Å². The first-order valence-corrected chi connectivity index (χ1v) is 9.72. The van der Waals surface area contributed by atoms with Crippen molar-refractivity contribution in [3.8, 4) is 11.5 Å². The highest BCUT2D eigenvalue weighted by Gasteiger charge is 2.11. The fourth-order valence-electron chi connectivity index (χ4n) is 2.44. The van der Waals surface area contributed by atoms with Crippen molar-refractivity contribution in [3.05, 3.63) is 58.1 Å². The van der Waals surface area contributed by atoms with Crippen molar-refractivity contribution in [2.24, 2.45) is 5.92 Å². The van der Waals surface area contributed by atoms with E-state index in [-0.39, 0.29) is 0 Å². The molecule has 0 heterocycles. The second-order valence-electron chi connectivity index (χ2n) is 6.46. The van der Waals surface area contributed by atoms with Crippen LogP contribution in [0.15, 0.2) is 46.9 Å². The lowest BCUT2D eigenvalue weighted by molar-refractivity contribution is 0.269. The Kier molecular flexibility index (Phi) is 8.29. The predicted molar refractivity (Wildman–Crippen MR) is 107 cm³/mol. The summed E-state index contributed by atoms with van der Waals surface area (Å²) < 4.78 is 12.8. The van der Waals surface area contributed by atoms with Gasteiger partial charge in [0.25, 0.3) is 0 Å². The summed E-state index contributed by atoms with van der Waals surface area (Å²) in [4.78, 5) is 0. The molecule has 2 aromatic rings. The van der Waals surface area contributed by atoms with E-state index >= 15 is 0 Å². The van der Waals surface area contributed by atoms with Crippen LogP contribution in [0.5, 0.6) is 11.5 Å². The summed E-state index contributed by atoms with van der Waals surface area (Å²) in [5.41, 5.74) is 2.32. The van der Waals surface area contributed by atoms with Gasteiger partial charge < -0.3 is 14.8 Å². The number of hydrogen-bond donors (Lipinski definition) is 1. The largest absolute Gasteiger partial charge is 0.490 e. The molecule has 4 heteroatoms. The van der Waals surface area contributed by atoms with Crippen LogP contribution >= 0.6 is 15.9 Å². The zero-order valence-electron chi connectivity index (χ0n) is 15.3. The molecule has 1 N–H and O–H groups in total. The third kappa shape index (κ3) is 6.71. The molecule has 0 aliphatic heterocycles. The maximum absolute atomic E-state index is 5.99. The summed E-state index contributed by atoms with van der Waals surface area (Å²) >= 11 is 3.66. The Labute approximate surface area is 159 Å². The highest BCUT2D eigenvalue weighted by Crippen LogP contribution is 2.34. The smallest absolute Gasteiger partial charge is 0.162 e. The maximum atomic E-state index is 5.99. The van der Waals surface area contributed by atoms with E-state index in [0.29, 0.717) is 19.1 Å². The van der Waals surface area contributed by atoms with Gasteiger partial charge in [0.15, 0.2) is 11.5 Å². The Hall–Kier alpha value is -1.52. The second-order valence-corrected chi connectivity index (χ2v) is 7.31. The third-order valence-electron chi connectivity index (χ3n) is 3.86. The van der Waals surface area contributed by atoms with Crippen LogP contribution in [-0.4, -0.2) is 13.2 Å². The molecule has 0 spiro atoms. The highest BCUT2D eigenvalue weighted by atomic mass is 79.9. The van der Waals surface area contributed by atoms with Crippen molar-refractivity contribution in [3.63, 3.8) is 0 Å². The number of ether oxygens (including phenoxy) is 2. The Morgan fingerprint density at radius 1 is 1.04 bits per heavy atom. The van der Waals surface area contributed by atoms with Gasteiger partial charge in [0, 0.05) is 11.0 Å². The van der Waals surface area contributed by atoms with Crippen LogP contribution in [0.25, 0.3) is 0 Å². The van der Waals surface area contributed by atoms with Gasteiger partial charge in [-0.1, -0.05) is 60.1 Å². The van der Waals surface area contributed by atoms with Crippen molar-refractivity contribution in [2.75, 3.05) is 13.2 Å². The zero-order valence-corrected chi connectivity index (χ0v) is 16.9. The molecule has 2 aromatic carbocycles. The summed E-state index contributed by atoms with van der Waals surface area (Å²) in [5, 5.41) is 3.49. The van der Waals surface area contributed by atoms with Crippen molar-refractivity contribution < 1.29 is 9.47 Å². The molecule has 0 amide bonds. The van der Waals surface area contributed by atoms with Crippen LogP contribution in [-0.2, 0) is 13.2 Å². The summed E-state index contributed by atoms with van der Waals surface area (Å²) in [6, 6.07) is 14.2. The normalized spacial score (nSPS) is 10.9. The van der Waals surface area contributed by atoms with Gasteiger partial charge in [-0.2, -0.15) is 0 Å². The van der Waals surface area contributed by atoms with Gasteiger partial charge in [-0.05, 0) is 49.1 Å². The molecule has 0 aliphatic rings. The maximum Gasteiger partial charge on any atom is 0.162 e. The van der Waals surface area contributed by atoms with Crippen LogP contribution < -0.4 is 14.8 Å². The molecule has 0 saturated heterocycles. The number of benzene rings is 2. The van der Waals surface area contributed by atoms with E-state index < -0.39 is 0 Å². The average molecular weight is 406 g/mol. The molecule has 0 saturated carbocycles. The van der Waals surface area contributed by atoms with Crippen molar-refractivity contribution in [2.45, 2.75) is 40.3 Å². The number of hydrogen-bond acceptors (Lipinski definition) is 3. The van der Waals surface area contributed by atoms with Crippen LogP contribution in [0.1, 0.15) is 38.3 Å². The molecule has 25 heavy (non-hydrogen) atoms. The molecule has 0 aliphatic carbocycles. The van der Waals surface area contributed by atoms with Gasteiger partial charge in [0.05, 0.1) is 6.61 Å². The van der Waals surface area contributed by atoms with Gasteiger partial charge in [0.2, 0.25) is 0 Å². The van der Waals surface area contributed by atoms with Crippen LogP contribution in [0.4, 0.5) is 0 Å². The first kappa shape index (κ1) is 19.8. The van der Waals surface area contributed by atoms with E-state index in [0.717, 1.165) is 34.6 Å². The first-order valence-electron chi connectivity index (χ1n) is 8.92. The lowest BCUT2D eigenvalue weighted by Gasteiger charge is -2.16. The van der Waals surface area contributed by atoms with E-state index in [1.807, 2.05) is 31.2 Å². The molecule has 3 nitrogen and oxygen atoms in total. The monoisotopic (exact) mass is 405 g/mol. The lowest BCUT2D eigenvalue weighted by Crippen LogP contribution is -2.16. The van der Waals surface area contributed by atoms with Crippen molar-refractivity contribution in [1.82, 2.24) is 5.32 Å². The molecular formula is C21H28BrNO2. The van der Waals surface area contributed by atoms with Crippen LogP contribution in [0.3, 0.4) is 0 Å². The van der Waals surface area contributed by atoms with Crippen LogP contribution in [0.2, 0.25) is 0 Å². The summed E-state index contributed by atoms with van der Waals surface area (Å²) in [6.45, 7) is 9.44. The first-order chi connectivity index (χ1) is 12.1. The zero-order chi connectivity index (χ0) is 18.1. The lowest BCUT2D eigenvalue weighted by atomic mass is 10.1. The predicted octanol–water partition coefficient (Wildman–Crippen LogP) is 5.56. The fraction of sp³-hybridized carbons (Fsp3) is 0.429. The molecule has 0 bridgehead atoms. The molecule has 0 aromatic heterocycles. The molecule has 0 fully saturated rings. The fourth-order valence-corrected chi connectivity index (χ4v) is 2.91. The molecule has 0 radical (unpaired) electrons. The standard InChI is InChI=1S/C21H28BrNO2/c1-4-24-20-12-18(14-23-11-10-16(2)3)19(22)13-21(20)25-15-17-8-6-5-7-9-17/h5-9,12-13,16,23H,4,10-11,14-15H2,1-3H3. The van der Waals surface area contributed by atoms with Crippen molar-refractivity contribution in [1.29, 1.82) is 0 Å². The summed E-state index contributed by atoms with van der Waals surface area (Å²) in [5.74, 6) is 2.27. The molecular weight excluding hydrogens is 378 g/mol. The Morgan fingerprint density at radius 2 is 1.76 bits per heavy atom. The molecule has 0 unspecified atom stereocenters. The minimum atomic E-state index is 0.527. The minimum Gasteiger partial charge on any atom is -0.490 e. The van der Waals surface area contributed by atoms with E-state index in [2.05, 4.69) is 53.3 Å².